The van der Waals surface area contributed by atoms with Crippen LogP contribution in [0, 0.1) is 10.1 Å². The summed E-state index contributed by atoms with van der Waals surface area (Å²) < 4.78 is 18.3. The van der Waals surface area contributed by atoms with Crippen LogP contribution in [0.15, 0.2) is 115 Å². The molecular formula is C37H29N3O8. The number of aromatic carboxylic acids is 1. The Morgan fingerprint density at radius 1 is 0.771 bits per heavy atom. The van der Waals surface area contributed by atoms with Crippen LogP contribution in [0.5, 0.6) is 23.0 Å². The van der Waals surface area contributed by atoms with Crippen molar-refractivity contribution < 1.29 is 33.8 Å². The van der Waals surface area contributed by atoms with Crippen molar-refractivity contribution in [1.29, 1.82) is 0 Å². The second kappa shape index (κ2) is 13.4. The summed E-state index contributed by atoms with van der Waals surface area (Å²) in [6.07, 6.45) is 0. The molecule has 6 aromatic rings. The number of nitro groups is 1. The number of anilines is 1. The van der Waals surface area contributed by atoms with Gasteiger partial charge < -0.3 is 29.2 Å². The molecule has 2 N–H and O–H groups in total. The minimum absolute atomic E-state index is 0.0562. The highest BCUT2D eigenvalue weighted by atomic mass is 16.6. The number of carbonyl (C=O) groups excluding carboxylic acids is 1. The molecule has 0 fully saturated rings. The highest BCUT2D eigenvalue weighted by molar-refractivity contribution is 6.15. The van der Waals surface area contributed by atoms with E-state index in [9.17, 15) is 24.8 Å². The van der Waals surface area contributed by atoms with Crippen LogP contribution >= 0.6 is 0 Å². The number of nitro benzene ring substituents is 1. The van der Waals surface area contributed by atoms with Crippen molar-refractivity contribution in [3.8, 4) is 34.1 Å². The smallest absolute Gasteiger partial charge is 0.354 e. The maximum Gasteiger partial charge on any atom is 0.354 e. The molecule has 0 saturated carbocycles. The van der Waals surface area contributed by atoms with E-state index in [-0.39, 0.29) is 29.2 Å². The van der Waals surface area contributed by atoms with E-state index >= 15 is 0 Å². The number of fused-ring (bicyclic) bond motifs is 1. The third kappa shape index (κ3) is 6.51. The molecule has 5 aromatic carbocycles. The Morgan fingerprint density at radius 3 is 2.08 bits per heavy atom. The molecule has 0 bridgehead atoms. The largest absolute Gasteiger partial charge is 0.497 e. The zero-order valence-corrected chi connectivity index (χ0v) is 25.9. The number of hydrogen-bond acceptors (Lipinski definition) is 7. The topological polar surface area (TPSA) is 142 Å². The summed E-state index contributed by atoms with van der Waals surface area (Å²) in [5.74, 6) is 0.182. The lowest BCUT2D eigenvalue weighted by atomic mass is 10.0. The van der Waals surface area contributed by atoms with Gasteiger partial charge in [0.1, 0.15) is 23.0 Å². The molecular weight excluding hydrogens is 614 g/mol. The van der Waals surface area contributed by atoms with Crippen molar-refractivity contribution in [2.24, 2.45) is 0 Å². The van der Waals surface area contributed by atoms with E-state index in [1.807, 2.05) is 54.6 Å². The van der Waals surface area contributed by atoms with Crippen molar-refractivity contribution in [2.75, 3.05) is 19.5 Å². The predicted octanol–water partition coefficient (Wildman–Crippen LogP) is 8.02. The molecule has 0 aliphatic carbocycles. The molecule has 11 heteroatoms. The van der Waals surface area contributed by atoms with E-state index in [4.69, 9.17) is 14.2 Å². The molecule has 6 rings (SSSR count). The molecule has 0 radical (unpaired) electrons. The number of nitrogens with zero attached hydrogens (tertiary/aromatic N) is 2. The van der Waals surface area contributed by atoms with E-state index in [2.05, 4.69) is 5.32 Å². The van der Waals surface area contributed by atoms with Crippen LogP contribution in [0.2, 0.25) is 0 Å². The van der Waals surface area contributed by atoms with Gasteiger partial charge in [0, 0.05) is 35.7 Å². The van der Waals surface area contributed by atoms with Gasteiger partial charge >= 0.3 is 5.97 Å². The van der Waals surface area contributed by atoms with E-state index in [0.717, 1.165) is 5.56 Å². The number of carbonyl (C=O) groups is 2. The van der Waals surface area contributed by atoms with E-state index < -0.39 is 16.8 Å². The molecule has 0 aliphatic rings. The maximum absolute atomic E-state index is 13.7. The van der Waals surface area contributed by atoms with Crippen LogP contribution in [-0.4, -0.2) is 40.7 Å². The number of nitrogens with one attached hydrogen (secondary N) is 1. The molecule has 1 aromatic heterocycles. The Hall–Kier alpha value is -6.62. The molecule has 11 nitrogen and oxygen atoms in total. The number of para-hydroxylation sites is 1. The van der Waals surface area contributed by atoms with Crippen molar-refractivity contribution in [3.05, 3.63) is 142 Å². The number of carboxylic acid groups (broad SMARTS) is 1. The highest BCUT2D eigenvalue weighted by Crippen LogP contribution is 2.37. The standard InChI is InChI=1S/C37H29N3O8/c1-46-30-18-26(19-31(21-30)47-2)36(41)38-34-32-20-25(24-11-14-27(15-12-24)40(44)45)13-16-33(32)39(35(34)37(42)43)22-23-7-6-10-29(17-23)48-28-8-4-3-5-9-28/h3-21H,22H2,1-2H3,(H,38,41)(H,42,43). The number of hydrogen-bond donors (Lipinski definition) is 2. The fourth-order valence-corrected chi connectivity index (χ4v) is 5.46. The summed E-state index contributed by atoms with van der Waals surface area (Å²) in [5, 5.41) is 25.1. The Labute approximate surface area is 274 Å². The average Bonchev–Trinajstić information content (AvgIpc) is 3.40. The quantitative estimate of drug-likeness (QED) is 0.107. The number of non-ortho nitro benzene ring substituents is 1. The van der Waals surface area contributed by atoms with Gasteiger partial charge in [-0.15, -0.1) is 0 Å². The lowest BCUT2D eigenvalue weighted by Gasteiger charge is -2.12. The van der Waals surface area contributed by atoms with E-state index in [0.29, 0.717) is 45.0 Å². The number of aromatic nitrogens is 1. The van der Waals surface area contributed by atoms with Crippen LogP contribution in [0.25, 0.3) is 22.0 Å². The van der Waals surface area contributed by atoms with Crippen LogP contribution in [-0.2, 0) is 6.54 Å². The Balaban J connectivity index is 1.47. The molecule has 1 heterocycles. The summed E-state index contributed by atoms with van der Waals surface area (Å²) in [6.45, 7) is 0.143. The highest BCUT2D eigenvalue weighted by Gasteiger charge is 2.26. The SMILES string of the molecule is COc1cc(OC)cc(C(=O)Nc2c(C(=O)O)n(Cc3cccc(Oc4ccccc4)c3)c3ccc(-c4ccc([N+](=O)[O-])cc4)cc23)c1. The van der Waals surface area contributed by atoms with Crippen molar-refractivity contribution in [2.45, 2.75) is 6.54 Å². The zero-order chi connectivity index (χ0) is 33.8. The number of rotatable bonds is 11. The molecule has 0 saturated heterocycles. The third-order valence-electron chi connectivity index (χ3n) is 7.75. The van der Waals surface area contributed by atoms with Crippen LogP contribution in [0.4, 0.5) is 11.4 Å². The van der Waals surface area contributed by atoms with E-state index in [1.54, 1.807) is 41.0 Å². The predicted molar refractivity (Wildman–Crippen MR) is 181 cm³/mol. The zero-order valence-electron chi connectivity index (χ0n) is 25.9. The molecule has 48 heavy (non-hydrogen) atoms. The third-order valence-corrected chi connectivity index (χ3v) is 7.75. The number of methoxy groups -OCH3 is 2. The van der Waals surface area contributed by atoms with Crippen molar-refractivity contribution >= 4 is 34.2 Å². The monoisotopic (exact) mass is 643 g/mol. The normalized spacial score (nSPS) is 10.8. The number of amides is 1. The van der Waals surface area contributed by atoms with Crippen LogP contribution in [0.3, 0.4) is 0 Å². The van der Waals surface area contributed by atoms with Gasteiger partial charge in [-0.2, -0.15) is 0 Å². The summed E-state index contributed by atoms with van der Waals surface area (Å²) in [6, 6.07) is 32.7. The Morgan fingerprint density at radius 2 is 1.44 bits per heavy atom. The van der Waals surface area contributed by atoms with Gasteiger partial charge in [-0.3, -0.25) is 14.9 Å². The Kier molecular flexibility index (Phi) is 8.75. The minimum Gasteiger partial charge on any atom is -0.497 e. The number of ether oxygens (including phenoxy) is 3. The van der Waals surface area contributed by atoms with Gasteiger partial charge in [-0.05, 0) is 77.4 Å². The molecule has 0 spiro atoms. The molecule has 1 amide bonds. The lowest BCUT2D eigenvalue weighted by molar-refractivity contribution is -0.384. The molecule has 240 valence electrons. The van der Waals surface area contributed by atoms with Gasteiger partial charge in [-0.25, -0.2) is 4.79 Å². The summed E-state index contributed by atoms with van der Waals surface area (Å²) in [7, 11) is 2.93. The summed E-state index contributed by atoms with van der Waals surface area (Å²) in [5.41, 5.74) is 2.74. The first-order valence-corrected chi connectivity index (χ1v) is 14.7. The van der Waals surface area contributed by atoms with Crippen LogP contribution < -0.4 is 19.5 Å². The summed E-state index contributed by atoms with van der Waals surface area (Å²) >= 11 is 0. The number of benzene rings is 5. The first-order valence-electron chi connectivity index (χ1n) is 14.7. The van der Waals surface area contributed by atoms with Gasteiger partial charge in [-0.1, -0.05) is 36.4 Å². The Bertz CT molecular complexity index is 2140. The first kappa shape index (κ1) is 31.4. The minimum atomic E-state index is -1.25. The lowest BCUT2D eigenvalue weighted by Crippen LogP contribution is -2.17. The molecule has 0 atom stereocenters. The van der Waals surface area contributed by atoms with Crippen molar-refractivity contribution in [3.63, 3.8) is 0 Å². The fraction of sp³-hybridized carbons (Fsp3) is 0.0811. The van der Waals surface area contributed by atoms with Gasteiger partial charge in [0.2, 0.25) is 0 Å². The van der Waals surface area contributed by atoms with Crippen LogP contribution in [0.1, 0.15) is 26.4 Å². The fourth-order valence-electron chi connectivity index (χ4n) is 5.46. The molecule has 0 aliphatic heterocycles. The molecule has 0 unspecified atom stereocenters. The van der Waals surface area contributed by atoms with E-state index in [1.165, 1.54) is 38.5 Å². The summed E-state index contributed by atoms with van der Waals surface area (Å²) in [4.78, 5) is 37.4. The average molecular weight is 644 g/mol. The first-order chi connectivity index (χ1) is 23.2. The van der Waals surface area contributed by atoms with Gasteiger partial charge in [0.05, 0.1) is 30.3 Å². The van der Waals surface area contributed by atoms with Gasteiger partial charge in [0.25, 0.3) is 11.6 Å². The van der Waals surface area contributed by atoms with Crippen molar-refractivity contribution in [1.82, 2.24) is 4.57 Å². The number of carboxylic acids is 1. The maximum atomic E-state index is 13.7. The second-order valence-corrected chi connectivity index (χ2v) is 10.8. The second-order valence-electron chi connectivity index (χ2n) is 10.8. The van der Waals surface area contributed by atoms with Gasteiger partial charge in [0.15, 0.2) is 5.69 Å².